The van der Waals surface area contributed by atoms with Crippen LogP contribution in [0.25, 0.3) is 0 Å². The summed E-state index contributed by atoms with van der Waals surface area (Å²) in [7, 11) is -0.864. The van der Waals surface area contributed by atoms with Gasteiger partial charge < -0.3 is 0 Å². The molecule has 1 unspecified atom stereocenters. The maximum absolute atomic E-state index is 10.6. The average molecular weight is 182 g/mol. The minimum absolute atomic E-state index is 0.864. The largest absolute Gasteiger partial charge is 0.255 e. The molecule has 0 N–H and O–H groups in total. The van der Waals surface area contributed by atoms with Crippen molar-refractivity contribution >= 4 is 10.8 Å². The molecule has 0 amide bonds. The molecular formula is C10H14OS. The molecule has 0 bridgehead atoms. The Morgan fingerprint density at radius 2 is 2.42 bits per heavy atom. The molecular weight excluding hydrogens is 168 g/mol. The average Bonchev–Trinajstić information content (AvgIpc) is 2.05. The van der Waals surface area contributed by atoms with Gasteiger partial charge in [-0.2, -0.15) is 0 Å². The van der Waals surface area contributed by atoms with Crippen LogP contribution in [0, 0.1) is 0 Å². The second-order valence-corrected chi connectivity index (χ2v) is 4.19. The van der Waals surface area contributed by atoms with E-state index in [1.54, 1.807) is 11.7 Å². The molecule has 0 radical (unpaired) electrons. The minimum Gasteiger partial charge on any atom is -0.255 e. The summed E-state index contributed by atoms with van der Waals surface area (Å²) in [6, 6.07) is 0. The molecule has 1 atom stereocenters. The fourth-order valence-electron chi connectivity index (χ4n) is 1.23. The quantitative estimate of drug-likeness (QED) is 0.600. The lowest BCUT2D eigenvalue weighted by molar-refractivity contribution is 0.691. The highest BCUT2D eigenvalue weighted by Crippen LogP contribution is 2.17. The van der Waals surface area contributed by atoms with Crippen LogP contribution in [0.1, 0.15) is 25.7 Å². The SMILES string of the molecule is CS(=O)C=C=CC1=CCCCC1. The Labute approximate surface area is 76.3 Å². The zero-order chi connectivity index (χ0) is 8.81. The van der Waals surface area contributed by atoms with Crippen LogP contribution >= 0.6 is 0 Å². The van der Waals surface area contributed by atoms with Gasteiger partial charge in [0, 0.05) is 11.7 Å². The fraction of sp³-hybridized carbons (Fsp3) is 0.500. The van der Waals surface area contributed by atoms with Gasteiger partial charge >= 0.3 is 0 Å². The topological polar surface area (TPSA) is 17.1 Å². The minimum atomic E-state index is -0.864. The van der Waals surface area contributed by atoms with Crippen LogP contribution in [0.15, 0.2) is 28.9 Å². The normalized spacial score (nSPS) is 18.9. The first-order chi connectivity index (χ1) is 5.79. The fourth-order valence-corrected chi connectivity index (χ4v) is 1.49. The highest BCUT2D eigenvalue weighted by molar-refractivity contribution is 7.87. The van der Waals surface area contributed by atoms with Crippen molar-refractivity contribution in [3.63, 3.8) is 0 Å². The Balaban J connectivity index is 2.54. The van der Waals surface area contributed by atoms with E-state index in [1.165, 1.54) is 24.8 Å². The molecule has 66 valence electrons. The van der Waals surface area contributed by atoms with Crippen molar-refractivity contribution in [3.05, 3.63) is 28.9 Å². The lowest BCUT2D eigenvalue weighted by Crippen LogP contribution is -1.87. The van der Waals surface area contributed by atoms with Crippen LogP contribution in [-0.4, -0.2) is 10.5 Å². The van der Waals surface area contributed by atoms with Crippen molar-refractivity contribution in [2.75, 3.05) is 6.26 Å². The first-order valence-corrected chi connectivity index (χ1v) is 5.85. The molecule has 1 aliphatic rings. The third kappa shape index (κ3) is 3.70. The van der Waals surface area contributed by atoms with E-state index in [2.05, 4.69) is 11.8 Å². The summed E-state index contributed by atoms with van der Waals surface area (Å²) >= 11 is 0. The lowest BCUT2D eigenvalue weighted by atomic mass is 10.00. The van der Waals surface area contributed by atoms with E-state index < -0.39 is 10.8 Å². The van der Waals surface area contributed by atoms with Crippen molar-refractivity contribution in [1.29, 1.82) is 0 Å². The van der Waals surface area contributed by atoms with Gasteiger partial charge in [-0.1, -0.05) is 6.08 Å². The van der Waals surface area contributed by atoms with Gasteiger partial charge in [0.25, 0.3) is 0 Å². The molecule has 1 rings (SSSR count). The first-order valence-electron chi connectivity index (χ1n) is 4.23. The Morgan fingerprint density at radius 3 is 3.00 bits per heavy atom. The summed E-state index contributed by atoms with van der Waals surface area (Å²) in [5.41, 5.74) is 4.27. The second-order valence-electron chi connectivity index (χ2n) is 2.95. The summed E-state index contributed by atoms with van der Waals surface area (Å²) in [5.74, 6) is 0. The van der Waals surface area contributed by atoms with Crippen molar-refractivity contribution in [2.45, 2.75) is 25.7 Å². The van der Waals surface area contributed by atoms with Crippen molar-refractivity contribution in [1.82, 2.24) is 0 Å². The zero-order valence-corrected chi connectivity index (χ0v) is 8.19. The van der Waals surface area contributed by atoms with Gasteiger partial charge in [-0.25, -0.2) is 0 Å². The molecule has 0 heterocycles. The molecule has 12 heavy (non-hydrogen) atoms. The van der Waals surface area contributed by atoms with E-state index in [0.29, 0.717) is 0 Å². The Kier molecular flexibility index (Phi) is 4.06. The molecule has 0 saturated heterocycles. The van der Waals surface area contributed by atoms with Gasteiger partial charge in [0.15, 0.2) is 0 Å². The third-order valence-corrected chi connectivity index (χ3v) is 2.30. The zero-order valence-electron chi connectivity index (χ0n) is 7.38. The standard InChI is InChI=1S/C10H14OS/c1-12(11)9-5-8-10-6-3-2-4-7-10/h6,8-9H,2-4,7H2,1H3. The van der Waals surface area contributed by atoms with Crippen LogP contribution in [0.3, 0.4) is 0 Å². The van der Waals surface area contributed by atoms with Crippen molar-refractivity contribution < 1.29 is 4.21 Å². The summed E-state index contributed by atoms with van der Waals surface area (Å²) in [4.78, 5) is 0. The predicted molar refractivity (Wildman–Crippen MR) is 53.3 cm³/mol. The van der Waals surface area contributed by atoms with Gasteiger partial charge in [-0.3, -0.25) is 4.21 Å². The van der Waals surface area contributed by atoms with Gasteiger partial charge in [0.1, 0.15) is 0 Å². The van der Waals surface area contributed by atoms with E-state index in [-0.39, 0.29) is 0 Å². The molecule has 1 nitrogen and oxygen atoms in total. The number of hydrogen-bond acceptors (Lipinski definition) is 1. The predicted octanol–water partition coefficient (Wildman–Crippen LogP) is 2.53. The van der Waals surface area contributed by atoms with Crippen LogP contribution in [0.2, 0.25) is 0 Å². The Morgan fingerprint density at radius 1 is 1.58 bits per heavy atom. The number of rotatable bonds is 2. The molecule has 0 aromatic carbocycles. The van der Waals surface area contributed by atoms with Crippen LogP contribution in [-0.2, 0) is 10.8 Å². The van der Waals surface area contributed by atoms with Crippen molar-refractivity contribution in [3.8, 4) is 0 Å². The summed E-state index contributed by atoms with van der Waals surface area (Å²) in [6.45, 7) is 0. The third-order valence-electron chi connectivity index (χ3n) is 1.83. The van der Waals surface area contributed by atoms with Crippen LogP contribution in [0.5, 0.6) is 0 Å². The van der Waals surface area contributed by atoms with Gasteiger partial charge in [-0.05, 0) is 37.3 Å². The number of hydrogen-bond donors (Lipinski definition) is 0. The molecule has 0 aliphatic heterocycles. The van der Waals surface area contributed by atoms with E-state index in [1.807, 2.05) is 6.08 Å². The van der Waals surface area contributed by atoms with Crippen LogP contribution in [0.4, 0.5) is 0 Å². The second kappa shape index (κ2) is 5.13. The van der Waals surface area contributed by atoms with Crippen LogP contribution < -0.4 is 0 Å². The van der Waals surface area contributed by atoms with Crippen molar-refractivity contribution in [2.24, 2.45) is 0 Å². The number of allylic oxidation sites excluding steroid dienone is 3. The Hall–Kier alpha value is -0.590. The highest BCUT2D eigenvalue weighted by Gasteiger charge is 1.98. The van der Waals surface area contributed by atoms with Gasteiger partial charge in [-0.15, -0.1) is 5.73 Å². The molecule has 0 saturated carbocycles. The molecule has 2 heteroatoms. The lowest BCUT2D eigenvalue weighted by Gasteiger charge is -2.06. The maximum Gasteiger partial charge on any atom is 0.0502 e. The molecule has 0 aromatic rings. The van der Waals surface area contributed by atoms with E-state index in [4.69, 9.17) is 0 Å². The monoisotopic (exact) mass is 182 g/mol. The summed E-state index contributed by atoms with van der Waals surface area (Å²) in [5, 5.41) is 1.59. The van der Waals surface area contributed by atoms with Gasteiger partial charge in [0.05, 0.1) is 10.8 Å². The first kappa shape index (κ1) is 9.50. The highest BCUT2D eigenvalue weighted by atomic mass is 32.2. The van der Waals surface area contributed by atoms with E-state index in [0.717, 1.165) is 6.42 Å². The Bertz CT molecular complexity index is 257. The van der Waals surface area contributed by atoms with Gasteiger partial charge in [0.2, 0.25) is 0 Å². The van der Waals surface area contributed by atoms with E-state index in [9.17, 15) is 4.21 Å². The van der Waals surface area contributed by atoms with E-state index >= 15 is 0 Å². The molecule has 0 fully saturated rings. The summed E-state index contributed by atoms with van der Waals surface area (Å²) in [6.07, 6.45) is 10.7. The maximum atomic E-state index is 10.6. The molecule has 0 aromatic heterocycles. The smallest absolute Gasteiger partial charge is 0.0502 e. The molecule has 1 aliphatic carbocycles. The molecule has 0 spiro atoms. The summed E-state index contributed by atoms with van der Waals surface area (Å²) < 4.78 is 10.6.